The number of likely N-dealkylation sites (N-methyl/N-ethyl adjacent to an activating group) is 1. The van der Waals surface area contributed by atoms with Gasteiger partial charge in [0.05, 0.1) is 0 Å². The van der Waals surface area contributed by atoms with Gasteiger partial charge in [0.15, 0.2) is 5.96 Å². The molecule has 1 aromatic heterocycles. The third-order valence-electron chi connectivity index (χ3n) is 4.94. The Morgan fingerprint density at radius 2 is 2.04 bits per heavy atom. The van der Waals surface area contributed by atoms with Crippen molar-refractivity contribution < 1.29 is 0 Å². The van der Waals surface area contributed by atoms with Gasteiger partial charge in [0.1, 0.15) is 5.82 Å². The third kappa shape index (κ3) is 6.83. The predicted molar refractivity (Wildman–Crippen MR) is 111 cm³/mol. The number of rotatable bonds is 8. The van der Waals surface area contributed by atoms with Gasteiger partial charge in [0.25, 0.3) is 0 Å². The van der Waals surface area contributed by atoms with Gasteiger partial charge in [-0.15, -0.1) is 0 Å². The number of guanidine groups is 1. The van der Waals surface area contributed by atoms with Crippen LogP contribution in [0.25, 0.3) is 0 Å². The van der Waals surface area contributed by atoms with E-state index in [-0.39, 0.29) is 0 Å². The summed E-state index contributed by atoms with van der Waals surface area (Å²) in [5.41, 5.74) is 1.23. The van der Waals surface area contributed by atoms with Crippen LogP contribution in [0.2, 0.25) is 0 Å². The van der Waals surface area contributed by atoms with Crippen LogP contribution in [0.1, 0.15) is 45.1 Å². The molecular formula is C20H36N6. The normalized spacial score (nSPS) is 17.2. The Morgan fingerprint density at radius 1 is 1.27 bits per heavy atom. The number of hydrogen-bond acceptors (Lipinski definition) is 4. The zero-order chi connectivity index (χ0) is 18.8. The van der Waals surface area contributed by atoms with E-state index in [2.05, 4.69) is 63.4 Å². The van der Waals surface area contributed by atoms with E-state index in [0.29, 0.717) is 6.04 Å². The van der Waals surface area contributed by atoms with Crippen LogP contribution in [-0.2, 0) is 6.54 Å². The largest absolute Gasteiger partial charge is 0.354 e. The van der Waals surface area contributed by atoms with E-state index < -0.39 is 0 Å². The summed E-state index contributed by atoms with van der Waals surface area (Å²) in [6, 6.07) is 4.70. The van der Waals surface area contributed by atoms with Crippen LogP contribution < -0.4 is 15.5 Å². The minimum absolute atomic E-state index is 0.436. The quantitative estimate of drug-likeness (QED) is 0.424. The first kappa shape index (κ1) is 20.5. The zero-order valence-corrected chi connectivity index (χ0v) is 17.0. The summed E-state index contributed by atoms with van der Waals surface area (Å²) in [4.78, 5) is 13.6. The van der Waals surface area contributed by atoms with E-state index in [1.165, 1.54) is 31.2 Å². The molecule has 6 nitrogen and oxygen atoms in total. The molecule has 0 radical (unpaired) electrons. The Kier molecular flexibility index (Phi) is 8.68. The highest BCUT2D eigenvalue weighted by Gasteiger charge is 2.15. The fraction of sp³-hybridized carbons (Fsp3) is 0.700. The lowest BCUT2D eigenvalue weighted by Crippen LogP contribution is -2.45. The van der Waals surface area contributed by atoms with Crippen molar-refractivity contribution in [1.29, 1.82) is 0 Å². The monoisotopic (exact) mass is 360 g/mol. The first-order valence-electron chi connectivity index (χ1n) is 9.98. The lowest BCUT2D eigenvalue weighted by Gasteiger charge is -2.33. The summed E-state index contributed by atoms with van der Waals surface area (Å²) >= 11 is 0. The molecule has 0 amide bonds. The van der Waals surface area contributed by atoms with Crippen LogP contribution in [-0.4, -0.2) is 62.2 Å². The second-order valence-electron chi connectivity index (χ2n) is 7.28. The molecule has 0 bridgehead atoms. The van der Waals surface area contributed by atoms with Crippen LogP contribution in [0, 0.1) is 0 Å². The Labute approximate surface area is 159 Å². The Bertz CT molecular complexity index is 551. The maximum Gasteiger partial charge on any atom is 0.191 e. The average molecular weight is 361 g/mol. The van der Waals surface area contributed by atoms with Gasteiger partial charge < -0.3 is 20.4 Å². The van der Waals surface area contributed by atoms with Crippen LogP contribution in [0.3, 0.4) is 0 Å². The summed E-state index contributed by atoms with van der Waals surface area (Å²) in [6.07, 6.45) is 6.91. The highest BCUT2D eigenvalue weighted by Crippen LogP contribution is 2.14. The number of nitrogens with one attached hydrogen (secondary N) is 2. The van der Waals surface area contributed by atoms with Crippen LogP contribution in [0.5, 0.6) is 0 Å². The van der Waals surface area contributed by atoms with Crippen molar-refractivity contribution in [2.45, 2.75) is 52.1 Å². The minimum atomic E-state index is 0.436. The SMILES string of the molecule is CCCCCC(C)NC(=NC)NCc1ccnc(N2CCN(C)CC2)c1. The number of aliphatic imine (C=N–C) groups is 1. The summed E-state index contributed by atoms with van der Waals surface area (Å²) in [5, 5.41) is 6.91. The van der Waals surface area contributed by atoms with Gasteiger partial charge in [0, 0.05) is 52.0 Å². The minimum Gasteiger partial charge on any atom is -0.354 e. The lowest BCUT2D eigenvalue weighted by molar-refractivity contribution is 0.312. The average Bonchev–Trinajstić information content (AvgIpc) is 2.66. The fourth-order valence-electron chi connectivity index (χ4n) is 3.17. The number of hydrogen-bond donors (Lipinski definition) is 2. The van der Waals surface area contributed by atoms with E-state index in [4.69, 9.17) is 0 Å². The molecule has 2 N–H and O–H groups in total. The number of piperazine rings is 1. The van der Waals surface area contributed by atoms with Crippen molar-refractivity contribution in [3.05, 3.63) is 23.9 Å². The van der Waals surface area contributed by atoms with Crippen molar-refractivity contribution in [2.75, 3.05) is 45.2 Å². The molecule has 6 heteroatoms. The summed E-state index contributed by atoms with van der Waals surface area (Å²) in [5.74, 6) is 1.94. The molecule has 0 aromatic carbocycles. The van der Waals surface area contributed by atoms with Gasteiger partial charge in [-0.3, -0.25) is 4.99 Å². The molecule has 1 aliphatic heterocycles. The molecule has 1 unspecified atom stereocenters. The second-order valence-corrected chi connectivity index (χ2v) is 7.28. The Hall–Kier alpha value is -1.82. The first-order valence-corrected chi connectivity index (χ1v) is 9.98. The summed E-state index contributed by atoms with van der Waals surface area (Å²) in [6.45, 7) is 9.49. The van der Waals surface area contributed by atoms with Gasteiger partial charge in [-0.1, -0.05) is 26.2 Å². The number of aromatic nitrogens is 1. The smallest absolute Gasteiger partial charge is 0.191 e. The van der Waals surface area contributed by atoms with Gasteiger partial charge in [0.2, 0.25) is 0 Å². The fourth-order valence-corrected chi connectivity index (χ4v) is 3.17. The Balaban J connectivity index is 1.83. The van der Waals surface area contributed by atoms with E-state index in [0.717, 1.165) is 44.5 Å². The van der Waals surface area contributed by atoms with Crippen molar-refractivity contribution in [2.24, 2.45) is 4.99 Å². The molecule has 0 spiro atoms. The molecule has 1 fully saturated rings. The van der Waals surface area contributed by atoms with Gasteiger partial charge in [-0.05, 0) is 38.1 Å². The Morgan fingerprint density at radius 3 is 2.73 bits per heavy atom. The molecule has 146 valence electrons. The van der Waals surface area contributed by atoms with Crippen molar-refractivity contribution in [3.63, 3.8) is 0 Å². The number of nitrogens with zero attached hydrogens (tertiary/aromatic N) is 4. The van der Waals surface area contributed by atoms with Gasteiger partial charge >= 0.3 is 0 Å². The molecule has 2 rings (SSSR count). The highest BCUT2D eigenvalue weighted by atomic mass is 15.3. The van der Waals surface area contributed by atoms with E-state index in [1.54, 1.807) is 0 Å². The van der Waals surface area contributed by atoms with Crippen molar-refractivity contribution in [1.82, 2.24) is 20.5 Å². The van der Waals surface area contributed by atoms with Crippen molar-refractivity contribution in [3.8, 4) is 0 Å². The van der Waals surface area contributed by atoms with E-state index in [9.17, 15) is 0 Å². The standard InChI is InChI=1S/C20H36N6/c1-5-6-7-8-17(2)24-20(21-3)23-16-18-9-10-22-19(15-18)26-13-11-25(4)12-14-26/h9-10,15,17H,5-8,11-14,16H2,1-4H3,(H2,21,23,24). The maximum atomic E-state index is 4.56. The molecule has 0 aliphatic carbocycles. The van der Waals surface area contributed by atoms with E-state index in [1.807, 2.05) is 13.2 Å². The molecule has 1 saturated heterocycles. The molecule has 0 saturated carbocycles. The maximum absolute atomic E-state index is 4.56. The molecule has 2 heterocycles. The molecule has 1 atom stereocenters. The number of pyridine rings is 1. The number of unbranched alkanes of at least 4 members (excludes halogenated alkanes) is 2. The summed E-state index contributed by atoms with van der Waals surface area (Å²) < 4.78 is 0. The number of anilines is 1. The van der Waals surface area contributed by atoms with Gasteiger partial charge in [-0.2, -0.15) is 0 Å². The summed E-state index contributed by atoms with van der Waals surface area (Å²) in [7, 11) is 4.00. The molecular weight excluding hydrogens is 324 g/mol. The molecule has 1 aliphatic rings. The third-order valence-corrected chi connectivity index (χ3v) is 4.94. The predicted octanol–water partition coefficient (Wildman–Crippen LogP) is 2.47. The molecule has 1 aromatic rings. The lowest BCUT2D eigenvalue weighted by atomic mass is 10.1. The zero-order valence-electron chi connectivity index (χ0n) is 17.0. The van der Waals surface area contributed by atoms with Crippen LogP contribution in [0.15, 0.2) is 23.3 Å². The topological polar surface area (TPSA) is 55.8 Å². The van der Waals surface area contributed by atoms with E-state index >= 15 is 0 Å². The first-order chi connectivity index (χ1) is 12.6. The van der Waals surface area contributed by atoms with Gasteiger partial charge in [-0.25, -0.2) is 4.98 Å². The molecule has 26 heavy (non-hydrogen) atoms. The van der Waals surface area contributed by atoms with Crippen molar-refractivity contribution >= 4 is 11.8 Å². The second kappa shape index (κ2) is 11.0. The highest BCUT2D eigenvalue weighted by molar-refractivity contribution is 5.79. The van der Waals surface area contributed by atoms with Crippen LogP contribution in [0.4, 0.5) is 5.82 Å². The van der Waals surface area contributed by atoms with Crippen LogP contribution >= 0.6 is 0 Å².